The molecule has 0 aliphatic carbocycles. The Bertz CT molecular complexity index is 764. The number of rotatable bonds is 8. The van der Waals surface area contributed by atoms with E-state index in [2.05, 4.69) is 5.32 Å². The highest BCUT2D eigenvalue weighted by atomic mass is 32.2. The van der Waals surface area contributed by atoms with Crippen LogP contribution in [-0.2, 0) is 14.8 Å². The van der Waals surface area contributed by atoms with Crippen molar-refractivity contribution in [3.8, 4) is 5.75 Å². The molecule has 0 saturated carbocycles. The molecule has 1 amide bonds. The topological polar surface area (TPSA) is 75.7 Å². The molecule has 0 radical (unpaired) electrons. The van der Waals surface area contributed by atoms with Crippen molar-refractivity contribution in [1.82, 2.24) is 9.62 Å². The average molecular weight is 395 g/mol. The van der Waals surface area contributed by atoms with Crippen molar-refractivity contribution >= 4 is 22.0 Å². The lowest BCUT2D eigenvalue weighted by Gasteiger charge is -2.26. The quantitative estimate of drug-likeness (QED) is 0.687. The van der Waals surface area contributed by atoms with Gasteiger partial charge in [-0.15, -0.1) is 0 Å². The molecule has 0 bridgehead atoms. The van der Waals surface area contributed by atoms with Crippen LogP contribution in [0.3, 0.4) is 0 Å². The summed E-state index contributed by atoms with van der Waals surface area (Å²) in [4.78, 5) is 12.2. The van der Waals surface area contributed by atoms with Gasteiger partial charge in [0.2, 0.25) is 15.9 Å². The Balaban J connectivity index is 2.24. The average Bonchev–Trinajstić information content (AvgIpc) is 2.70. The molecule has 0 aromatic heterocycles. The van der Waals surface area contributed by atoms with Crippen molar-refractivity contribution in [2.75, 3.05) is 20.2 Å². The SMILES string of the molecule is CCC(CC)NC(=O)C=Cc1ccc(OC)c(S(=O)(=O)N2CCCCC2)c1. The van der Waals surface area contributed by atoms with Crippen molar-refractivity contribution in [1.29, 1.82) is 0 Å². The molecule has 0 spiro atoms. The van der Waals surface area contributed by atoms with Gasteiger partial charge in [0.25, 0.3) is 0 Å². The zero-order valence-corrected chi connectivity index (χ0v) is 17.2. The fourth-order valence-corrected chi connectivity index (χ4v) is 4.86. The number of benzene rings is 1. The molecule has 1 aliphatic heterocycles. The summed E-state index contributed by atoms with van der Waals surface area (Å²) < 4.78 is 32.8. The third-order valence-corrected chi connectivity index (χ3v) is 6.80. The zero-order valence-electron chi connectivity index (χ0n) is 16.4. The molecule has 6 nitrogen and oxygen atoms in total. The zero-order chi connectivity index (χ0) is 19.9. The Hall–Kier alpha value is -1.86. The number of ether oxygens (including phenoxy) is 1. The summed E-state index contributed by atoms with van der Waals surface area (Å²) >= 11 is 0. The van der Waals surface area contributed by atoms with Crippen molar-refractivity contribution < 1.29 is 17.9 Å². The van der Waals surface area contributed by atoms with Gasteiger partial charge in [-0.25, -0.2) is 8.42 Å². The largest absolute Gasteiger partial charge is 0.495 e. The van der Waals surface area contributed by atoms with Crippen LogP contribution in [0.5, 0.6) is 5.75 Å². The first-order valence-electron chi connectivity index (χ1n) is 9.59. The van der Waals surface area contributed by atoms with Gasteiger partial charge in [0, 0.05) is 25.2 Å². The third kappa shape index (κ3) is 5.56. The number of hydrogen-bond donors (Lipinski definition) is 1. The van der Waals surface area contributed by atoms with E-state index in [4.69, 9.17) is 4.74 Å². The Kier molecular flexibility index (Phi) is 7.86. The van der Waals surface area contributed by atoms with Crippen LogP contribution in [0.25, 0.3) is 6.08 Å². The molecule has 7 heteroatoms. The van der Waals surface area contributed by atoms with Gasteiger partial charge in [-0.2, -0.15) is 4.31 Å². The highest BCUT2D eigenvalue weighted by Gasteiger charge is 2.29. The summed E-state index contributed by atoms with van der Waals surface area (Å²) in [6.07, 6.45) is 7.61. The molecule has 1 aliphatic rings. The van der Waals surface area contributed by atoms with Crippen LogP contribution in [0.1, 0.15) is 51.5 Å². The number of hydrogen-bond acceptors (Lipinski definition) is 4. The molecule has 150 valence electrons. The van der Waals surface area contributed by atoms with Crippen LogP contribution in [0.15, 0.2) is 29.2 Å². The molecule has 1 heterocycles. The predicted octanol–water partition coefficient (Wildman–Crippen LogP) is 3.19. The number of amides is 1. The molecule has 1 aromatic rings. The molecule has 0 unspecified atom stereocenters. The Morgan fingerprint density at radius 3 is 2.48 bits per heavy atom. The molecule has 27 heavy (non-hydrogen) atoms. The minimum atomic E-state index is -3.62. The van der Waals surface area contributed by atoms with Gasteiger partial charge in [-0.1, -0.05) is 26.3 Å². The van der Waals surface area contributed by atoms with Gasteiger partial charge in [0.15, 0.2) is 0 Å². The van der Waals surface area contributed by atoms with E-state index >= 15 is 0 Å². The number of methoxy groups -OCH3 is 1. The summed E-state index contributed by atoms with van der Waals surface area (Å²) in [5, 5.41) is 2.93. The molecular formula is C20H30N2O4S. The van der Waals surface area contributed by atoms with Gasteiger partial charge in [-0.05, 0) is 49.5 Å². The Morgan fingerprint density at radius 2 is 1.89 bits per heavy atom. The maximum absolute atomic E-state index is 13.0. The standard InChI is InChI=1S/C20H30N2O4S/c1-4-17(5-2)21-20(23)12-10-16-9-11-18(26-3)19(15-16)27(24,25)22-13-7-6-8-14-22/h9-12,15,17H,4-8,13-14H2,1-3H3,(H,21,23). The number of nitrogens with zero attached hydrogens (tertiary/aromatic N) is 1. The second kappa shape index (κ2) is 9.90. The maximum atomic E-state index is 13.0. The molecule has 0 atom stereocenters. The summed E-state index contributed by atoms with van der Waals surface area (Å²) in [5.74, 6) is 0.138. The van der Waals surface area contributed by atoms with E-state index in [-0.39, 0.29) is 16.8 Å². The summed E-state index contributed by atoms with van der Waals surface area (Å²) in [7, 11) is -2.16. The van der Waals surface area contributed by atoms with Gasteiger partial charge >= 0.3 is 0 Å². The van der Waals surface area contributed by atoms with E-state index in [0.29, 0.717) is 24.4 Å². The van der Waals surface area contributed by atoms with Crippen molar-refractivity contribution in [3.05, 3.63) is 29.8 Å². The third-order valence-electron chi connectivity index (χ3n) is 4.88. The number of carbonyl (C=O) groups excluding carboxylic acids is 1. The minimum Gasteiger partial charge on any atom is -0.495 e. The Morgan fingerprint density at radius 1 is 1.22 bits per heavy atom. The monoisotopic (exact) mass is 394 g/mol. The number of sulfonamides is 1. The van der Waals surface area contributed by atoms with Gasteiger partial charge < -0.3 is 10.1 Å². The van der Waals surface area contributed by atoms with E-state index < -0.39 is 10.0 Å². The van der Waals surface area contributed by atoms with E-state index in [0.717, 1.165) is 32.1 Å². The lowest BCUT2D eigenvalue weighted by molar-refractivity contribution is -0.117. The van der Waals surface area contributed by atoms with Crippen molar-refractivity contribution in [2.45, 2.75) is 56.9 Å². The highest BCUT2D eigenvalue weighted by molar-refractivity contribution is 7.89. The second-order valence-corrected chi connectivity index (χ2v) is 8.64. The molecular weight excluding hydrogens is 364 g/mol. The van der Waals surface area contributed by atoms with Gasteiger partial charge in [-0.3, -0.25) is 4.79 Å². The number of nitrogens with one attached hydrogen (secondary N) is 1. The first kappa shape index (κ1) is 21.4. The maximum Gasteiger partial charge on any atom is 0.246 e. The summed E-state index contributed by atoms with van der Waals surface area (Å²) in [6.45, 7) is 5.12. The van der Waals surface area contributed by atoms with Crippen LogP contribution in [-0.4, -0.2) is 44.9 Å². The fourth-order valence-electron chi connectivity index (χ4n) is 3.16. The van der Waals surface area contributed by atoms with Gasteiger partial charge in [0.05, 0.1) is 7.11 Å². The van der Waals surface area contributed by atoms with Crippen LogP contribution in [0.2, 0.25) is 0 Å². The molecule has 1 fully saturated rings. The van der Waals surface area contributed by atoms with Crippen LogP contribution >= 0.6 is 0 Å². The Labute approximate surface area is 162 Å². The lowest BCUT2D eigenvalue weighted by atomic mass is 10.1. The van der Waals surface area contributed by atoms with E-state index in [1.807, 2.05) is 13.8 Å². The number of piperidine rings is 1. The molecule has 1 saturated heterocycles. The predicted molar refractivity (Wildman–Crippen MR) is 107 cm³/mol. The molecule has 1 aromatic carbocycles. The van der Waals surface area contributed by atoms with Gasteiger partial charge in [0.1, 0.15) is 10.6 Å². The van der Waals surface area contributed by atoms with E-state index in [1.165, 1.54) is 17.5 Å². The van der Waals surface area contributed by atoms with E-state index in [9.17, 15) is 13.2 Å². The number of carbonyl (C=O) groups is 1. The summed E-state index contributed by atoms with van der Waals surface area (Å²) in [5.41, 5.74) is 0.645. The second-order valence-electron chi connectivity index (χ2n) is 6.73. The van der Waals surface area contributed by atoms with Crippen LogP contribution in [0.4, 0.5) is 0 Å². The van der Waals surface area contributed by atoms with Crippen LogP contribution < -0.4 is 10.1 Å². The lowest BCUT2D eigenvalue weighted by Crippen LogP contribution is -2.35. The fraction of sp³-hybridized carbons (Fsp3) is 0.550. The minimum absolute atomic E-state index is 0.146. The normalized spacial score (nSPS) is 16.0. The van der Waals surface area contributed by atoms with Crippen LogP contribution in [0, 0.1) is 0 Å². The highest BCUT2D eigenvalue weighted by Crippen LogP contribution is 2.29. The first-order valence-corrected chi connectivity index (χ1v) is 11.0. The molecule has 2 rings (SSSR count). The van der Waals surface area contributed by atoms with Crippen molar-refractivity contribution in [2.24, 2.45) is 0 Å². The smallest absolute Gasteiger partial charge is 0.246 e. The van der Waals surface area contributed by atoms with Crippen molar-refractivity contribution in [3.63, 3.8) is 0 Å². The first-order chi connectivity index (χ1) is 12.9. The van der Waals surface area contributed by atoms with E-state index in [1.54, 1.807) is 24.3 Å². The summed E-state index contributed by atoms with van der Waals surface area (Å²) in [6, 6.07) is 5.10. The molecule has 1 N–H and O–H groups in total.